The molecule has 0 radical (unpaired) electrons. The van der Waals surface area contributed by atoms with E-state index in [2.05, 4.69) is 20.2 Å². The van der Waals surface area contributed by atoms with E-state index in [-0.39, 0.29) is 11.8 Å². The van der Waals surface area contributed by atoms with Crippen LogP contribution in [0.2, 0.25) is 0 Å². The largest absolute Gasteiger partial charge is 0.381 e. The van der Waals surface area contributed by atoms with Gasteiger partial charge in [0, 0.05) is 49.5 Å². The Morgan fingerprint density at radius 2 is 1.84 bits per heavy atom. The van der Waals surface area contributed by atoms with Crippen LogP contribution < -0.4 is 10.2 Å². The Balaban J connectivity index is 1.33. The van der Waals surface area contributed by atoms with Crippen molar-refractivity contribution < 1.29 is 9.53 Å². The van der Waals surface area contributed by atoms with Gasteiger partial charge in [-0.25, -0.2) is 9.97 Å². The zero-order valence-corrected chi connectivity index (χ0v) is 14.9. The Bertz CT molecular complexity index is 607. The number of carbonyl (C=O) groups is 1. The van der Waals surface area contributed by atoms with Crippen LogP contribution in [0.5, 0.6) is 0 Å². The lowest BCUT2D eigenvalue weighted by Gasteiger charge is -2.35. The summed E-state index contributed by atoms with van der Waals surface area (Å²) in [5.41, 5.74) is 2.60. The molecule has 3 aliphatic rings. The number of fused-ring (bicyclic) bond motifs is 1. The van der Waals surface area contributed by atoms with Gasteiger partial charge in [0.2, 0.25) is 5.91 Å². The summed E-state index contributed by atoms with van der Waals surface area (Å²) in [7, 11) is 0. The average Bonchev–Trinajstić information content (AvgIpc) is 2.69. The van der Waals surface area contributed by atoms with Crippen LogP contribution in [0.25, 0.3) is 0 Å². The Hall–Kier alpha value is -1.69. The van der Waals surface area contributed by atoms with E-state index >= 15 is 0 Å². The summed E-state index contributed by atoms with van der Waals surface area (Å²) >= 11 is 0. The van der Waals surface area contributed by atoms with Gasteiger partial charge in [0.05, 0.1) is 0 Å². The van der Waals surface area contributed by atoms with Gasteiger partial charge in [-0.1, -0.05) is 0 Å². The highest BCUT2D eigenvalue weighted by atomic mass is 16.5. The minimum atomic E-state index is 0.140. The molecule has 136 valence electrons. The standard InChI is InChI=1S/C19H28N4O2/c24-19(14-7-11-25-12-8-14)22-15-5-9-23(10-6-15)18-16-3-1-2-4-17(16)20-13-21-18/h13-15H,1-12H2,(H,22,24). The fourth-order valence-electron chi connectivity index (χ4n) is 4.29. The predicted molar refractivity (Wildman–Crippen MR) is 95.6 cm³/mol. The van der Waals surface area contributed by atoms with Crippen molar-refractivity contribution in [3.63, 3.8) is 0 Å². The fourth-order valence-corrected chi connectivity index (χ4v) is 4.29. The topological polar surface area (TPSA) is 67.4 Å². The number of aryl methyl sites for hydroxylation is 1. The second kappa shape index (κ2) is 7.68. The molecule has 1 amide bonds. The number of hydrogen-bond donors (Lipinski definition) is 1. The van der Waals surface area contributed by atoms with Gasteiger partial charge in [-0.05, 0) is 51.4 Å². The van der Waals surface area contributed by atoms with Crippen molar-refractivity contribution in [1.29, 1.82) is 0 Å². The third kappa shape index (κ3) is 3.78. The van der Waals surface area contributed by atoms with E-state index in [9.17, 15) is 4.79 Å². The molecule has 2 saturated heterocycles. The molecular formula is C19H28N4O2. The molecule has 1 aliphatic carbocycles. The quantitative estimate of drug-likeness (QED) is 0.907. The molecule has 0 saturated carbocycles. The van der Waals surface area contributed by atoms with Crippen LogP contribution in [0, 0.1) is 5.92 Å². The van der Waals surface area contributed by atoms with Crippen molar-refractivity contribution in [2.75, 3.05) is 31.2 Å². The molecule has 0 spiro atoms. The van der Waals surface area contributed by atoms with Crippen LogP contribution in [-0.2, 0) is 22.4 Å². The first kappa shape index (κ1) is 16.8. The maximum Gasteiger partial charge on any atom is 0.223 e. The number of aromatic nitrogens is 2. The van der Waals surface area contributed by atoms with Crippen molar-refractivity contribution in [1.82, 2.24) is 15.3 Å². The van der Waals surface area contributed by atoms with Gasteiger partial charge in [0.1, 0.15) is 12.1 Å². The first-order valence-electron chi connectivity index (χ1n) is 9.77. The normalized spacial score (nSPS) is 22.5. The summed E-state index contributed by atoms with van der Waals surface area (Å²) < 4.78 is 5.35. The summed E-state index contributed by atoms with van der Waals surface area (Å²) in [5.74, 6) is 1.50. The number of anilines is 1. The summed E-state index contributed by atoms with van der Waals surface area (Å²) in [5, 5.41) is 3.27. The molecule has 0 unspecified atom stereocenters. The molecular weight excluding hydrogens is 316 g/mol. The molecule has 1 N–H and O–H groups in total. The van der Waals surface area contributed by atoms with Gasteiger partial charge in [0.25, 0.3) is 0 Å². The summed E-state index contributed by atoms with van der Waals surface area (Å²) in [6.45, 7) is 3.36. The molecule has 2 fully saturated rings. The Morgan fingerprint density at radius 1 is 1.08 bits per heavy atom. The Morgan fingerprint density at radius 3 is 2.64 bits per heavy atom. The first-order valence-corrected chi connectivity index (χ1v) is 9.77. The second-order valence-corrected chi connectivity index (χ2v) is 7.49. The van der Waals surface area contributed by atoms with E-state index in [1.807, 2.05) is 0 Å². The van der Waals surface area contributed by atoms with Crippen LogP contribution in [0.1, 0.15) is 49.8 Å². The van der Waals surface area contributed by atoms with E-state index in [1.54, 1.807) is 6.33 Å². The van der Waals surface area contributed by atoms with E-state index in [1.165, 1.54) is 24.1 Å². The summed E-state index contributed by atoms with van der Waals surface area (Å²) in [4.78, 5) is 23.9. The minimum absolute atomic E-state index is 0.140. The Kier molecular flexibility index (Phi) is 5.15. The zero-order chi connectivity index (χ0) is 17.1. The van der Waals surface area contributed by atoms with Crippen molar-refractivity contribution in [2.24, 2.45) is 5.92 Å². The first-order chi connectivity index (χ1) is 12.3. The highest BCUT2D eigenvalue weighted by molar-refractivity contribution is 5.79. The zero-order valence-electron chi connectivity index (χ0n) is 14.9. The number of nitrogens with zero attached hydrogens (tertiary/aromatic N) is 3. The van der Waals surface area contributed by atoms with Crippen LogP contribution in [0.15, 0.2) is 6.33 Å². The van der Waals surface area contributed by atoms with Gasteiger partial charge >= 0.3 is 0 Å². The monoisotopic (exact) mass is 344 g/mol. The second-order valence-electron chi connectivity index (χ2n) is 7.49. The number of amides is 1. The van der Waals surface area contributed by atoms with Crippen molar-refractivity contribution in [2.45, 2.75) is 57.4 Å². The number of carbonyl (C=O) groups excluding carboxylic acids is 1. The van der Waals surface area contributed by atoms with Gasteiger partial charge in [-0.15, -0.1) is 0 Å². The van der Waals surface area contributed by atoms with Crippen molar-refractivity contribution in [3.05, 3.63) is 17.6 Å². The van der Waals surface area contributed by atoms with Gasteiger partial charge in [0.15, 0.2) is 0 Å². The number of hydrogen-bond acceptors (Lipinski definition) is 5. The molecule has 0 atom stereocenters. The predicted octanol–water partition coefficient (Wildman–Crippen LogP) is 1.87. The minimum Gasteiger partial charge on any atom is -0.381 e. The van der Waals surface area contributed by atoms with Crippen LogP contribution in [0.4, 0.5) is 5.82 Å². The summed E-state index contributed by atoms with van der Waals surface area (Å²) in [6.07, 6.45) is 10.1. The van der Waals surface area contributed by atoms with Gasteiger partial charge < -0.3 is 15.0 Å². The van der Waals surface area contributed by atoms with E-state index in [0.29, 0.717) is 6.04 Å². The highest BCUT2D eigenvalue weighted by Crippen LogP contribution is 2.29. The number of piperidine rings is 1. The third-order valence-corrected chi connectivity index (χ3v) is 5.84. The highest BCUT2D eigenvalue weighted by Gasteiger charge is 2.28. The average molecular weight is 344 g/mol. The molecule has 3 heterocycles. The fraction of sp³-hybridized carbons (Fsp3) is 0.737. The third-order valence-electron chi connectivity index (χ3n) is 5.84. The number of ether oxygens (including phenoxy) is 1. The number of nitrogens with one attached hydrogen (secondary N) is 1. The smallest absolute Gasteiger partial charge is 0.223 e. The molecule has 4 rings (SSSR count). The van der Waals surface area contributed by atoms with E-state index in [0.717, 1.165) is 70.6 Å². The molecule has 0 bridgehead atoms. The van der Waals surface area contributed by atoms with Crippen molar-refractivity contribution in [3.8, 4) is 0 Å². The Labute approximate surface area is 149 Å². The van der Waals surface area contributed by atoms with Gasteiger partial charge in [-0.2, -0.15) is 0 Å². The van der Waals surface area contributed by atoms with E-state index in [4.69, 9.17) is 4.74 Å². The molecule has 2 aliphatic heterocycles. The molecule has 6 heteroatoms. The lowest BCUT2D eigenvalue weighted by atomic mass is 9.95. The number of rotatable bonds is 3. The summed E-state index contributed by atoms with van der Waals surface area (Å²) in [6, 6.07) is 0.296. The molecule has 6 nitrogen and oxygen atoms in total. The lowest BCUT2D eigenvalue weighted by molar-refractivity contribution is -0.128. The molecule has 1 aromatic heterocycles. The van der Waals surface area contributed by atoms with Crippen LogP contribution >= 0.6 is 0 Å². The van der Waals surface area contributed by atoms with Crippen LogP contribution in [-0.4, -0.2) is 48.2 Å². The SMILES string of the molecule is O=C(NC1CCN(c2ncnc3c2CCCC3)CC1)C1CCOCC1. The van der Waals surface area contributed by atoms with Crippen LogP contribution in [0.3, 0.4) is 0 Å². The maximum atomic E-state index is 12.4. The molecule has 1 aromatic rings. The van der Waals surface area contributed by atoms with E-state index < -0.39 is 0 Å². The molecule has 25 heavy (non-hydrogen) atoms. The van der Waals surface area contributed by atoms with Crippen molar-refractivity contribution >= 4 is 11.7 Å². The molecule has 0 aromatic carbocycles. The lowest BCUT2D eigenvalue weighted by Crippen LogP contribution is -2.47. The van der Waals surface area contributed by atoms with Gasteiger partial charge in [-0.3, -0.25) is 4.79 Å². The maximum absolute atomic E-state index is 12.4.